The first-order valence-corrected chi connectivity index (χ1v) is 9.61. The Morgan fingerprint density at radius 2 is 1.96 bits per heavy atom. The smallest absolute Gasteiger partial charge is 0.193 e. The molecule has 0 bridgehead atoms. The Bertz CT molecular complexity index is 696. The number of benzene rings is 1. The van der Waals surface area contributed by atoms with Crippen LogP contribution in [0.4, 0.5) is 0 Å². The number of halogens is 1. The molecule has 0 radical (unpaired) electrons. The van der Waals surface area contributed by atoms with Gasteiger partial charge in [0.2, 0.25) is 0 Å². The Morgan fingerprint density at radius 1 is 1.21 bits per heavy atom. The maximum atomic E-state index is 9.77. The maximum absolute atomic E-state index is 9.77. The number of aliphatic hydroxyl groups is 1. The highest BCUT2D eigenvalue weighted by Gasteiger charge is 2.19. The van der Waals surface area contributed by atoms with E-state index in [4.69, 9.17) is 14.1 Å². The lowest BCUT2D eigenvalue weighted by Crippen LogP contribution is -2.47. The third kappa shape index (κ3) is 7.01. The number of hydrogen-bond acceptors (Lipinski definition) is 4. The molecule has 6 nitrogen and oxygen atoms in total. The highest BCUT2D eigenvalue weighted by molar-refractivity contribution is 14.0. The molecule has 0 amide bonds. The number of nitrogens with zero attached hydrogens (tertiary/aromatic N) is 2. The number of ether oxygens (including phenoxy) is 1. The summed E-state index contributed by atoms with van der Waals surface area (Å²) in [5.41, 5.74) is 1.26. The molecule has 2 heterocycles. The molecule has 1 aromatic heterocycles. The van der Waals surface area contributed by atoms with E-state index in [2.05, 4.69) is 22.3 Å². The molecule has 1 aromatic carbocycles. The second kappa shape index (κ2) is 12.0. The van der Waals surface area contributed by atoms with Gasteiger partial charge in [-0.15, -0.1) is 24.0 Å². The lowest BCUT2D eigenvalue weighted by atomic mass is 10.1. The first-order chi connectivity index (χ1) is 13.2. The minimum Gasteiger partial charge on any atom is -0.497 e. The predicted octanol–water partition coefficient (Wildman–Crippen LogP) is 3.09. The molecule has 2 N–H and O–H groups in total. The molecule has 7 heteroatoms. The Kier molecular flexibility index (Phi) is 9.63. The fraction of sp³-hybridized carbons (Fsp3) is 0.476. The molecule has 0 spiro atoms. The number of methoxy groups -OCH3 is 1. The van der Waals surface area contributed by atoms with Gasteiger partial charge in [0.25, 0.3) is 0 Å². The zero-order valence-electron chi connectivity index (χ0n) is 16.3. The zero-order chi connectivity index (χ0) is 18.9. The van der Waals surface area contributed by atoms with Crippen LogP contribution in [0.1, 0.15) is 24.2 Å². The summed E-state index contributed by atoms with van der Waals surface area (Å²) < 4.78 is 10.6. The van der Waals surface area contributed by atoms with E-state index in [0.29, 0.717) is 6.54 Å². The summed E-state index contributed by atoms with van der Waals surface area (Å²) in [5.74, 6) is 2.74. The Labute approximate surface area is 184 Å². The average molecular weight is 499 g/mol. The average Bonchev–Trinajstić information content (AvgIpc) is 3.21. The molecule has 1 aliphatic rings. The van der Waals surface area contributed by atoms with Crippen molar-refractivity contribution in [1.82, 2.24) is 10.2 Å². The summed E-state index contributed by atoms with van der Waals surface area (Å²) in [4.78, 5) is 7.01. The number of furan rings is 1. The summed E-state index contributed by atoms with van der Waals surface area (Å²) in [7, 11) is 1.68. The third-order valence-electron chi connectivity index (χ3n) is 4.82. The van der Waals surface area contributed by atoms with Crippen LogP contribution in [0.25, 0.3) is 0 Å². The van der Waals surface area contributed by atoms with E-state index in [9.17, 15) is 5.11 Å². The van der Waals surface area contributed by atoms with E-state index in [1.165, 1.54) is 5.56 Å². The van der Waals surface area contributed by atoms with E-state index in [-0.39, 0.29) is 30.1 Å². The molecule has 0 aliphatic carbocycles. The SMILES string of the molecule is COc1ccc(CCNC(=NCCc2ccco2)N2CCC(O)CC2)cc1.I. The quantitative estimate of drug-likeness (QED) is 0.348. The van der Waals surface area contributed by atoms with Gasteiger partial charge >= 0.3 is 0 Å². The van der Waals surface area contributed by atoms with Crippen LogP contribution in [-0.4, -0.2) is 55.4 Å². The fourth-order valence-corrected chi connectivity index (χ4v) is 3.18. The van der Waals surface area contributed by atoms with Gasteiger partial charge in [0, 0.05) is 32.6 Å². The third-order valence-corrected chi connectivity index (χ3v) is 4.82. The van der Waals surface area contributed by atoms with Gasteiger partial charge in [-0.1, -0.05) is 12.1 Å². The molecule has 28 heavy (non-hydrogen) atoms. The number of aliphatic hydroxyl groups excluding tert-OH is 1. The molecule has 1 aliphatic heterocycles. The molecule has 1 saturated heterocycles. The van der Waals surface area contributed by atoms with E-state index in [1.807, 2.05) is 24.3 Å². The molecule has 0 saturated carbocycles. The largest absolute Gasteiger partial charge is 0.497 e. The molecule has 154 valence electrons. The molecular formula is C21H30IN3O3. The van der Waals surface area contributed by atoms with Crippen LogP contribution < -0.4 is 10.1 Å². The standard InChI is InChI=1S/C21H29N3O3.HI/c1-26-19-6-4-17(5-7-19)8-12-22-21(24-14-10-18(25)11-15-24)23-13-9-20-3-2-16-27-20;/h2-7,16,18,25H,8-15H2,1H3,(H,22,23);1H. The summed E-state index contributed by atoms with van der Waals surface area (Å²) in [6.07, 6.45) is 4.78. The van der Waals surface area contributed by atoms with Crippen molar-refractivity contribution in [2.24, 2.45) is 4.99 Å². The van der Waals surface area contributed by atoms with Crippen molar-refractivity contribution >= 4 is 29.9 Å². The van der Waals surface area contributed by atoms with E-state index >= 15 is 0 Å². The van der Waals surface area contributed by atoms with Crippen molar-refractivity contribution in [3.05, 3.63) is 54.0 Å². The highest BCUT2D eigenvalue weighted by atomic mass is 127. The van der Waals surface area contributed by atoms with Crippen LogP contribution >= 0.6 is 24.0 Å². The van der Waals surface area contributed by atoms with Crippen LogP contribution in [0.5, 0.6) is 5.75 Å². The minimum absolute atomic E-state index is 0. The van der Waals surface area contributed by atoms with Crippen molar-refractivity contribution in [3.8, 4) is 5.75 Å². The number of nitrogens with one attached hydrogen (secondary N) is 1. The first-order valence-electron chi connectivity index (χ1n) is 9.61. The summed E-state index contributed by atoms with van der Waals surface area (Å²) in [6, 6.07) is 12.0. The van der Waals surface area contributed by atoms with Crippen molar-refractivity contribution in [3.63, 3.8) is 0 Å². The van der Waals surface area contributed by atoms with Gasteiger partial charge in [0.05, 0.1) is 19.5 Å². The number of likely N-dealkylation sites (tertiary alicyclic amines) is 1. The summed E-state index contributed by atoms with van der Waals surface area (Å²) in [6.45, 7) is 3.15. The van der Waals surface area contributed by atoms with Crippen molar-refractivity contribution in [1.29, 1.82) is 0 Å². The number of piperidine rings is 1. The van der Waals surface area contributed by atoms with Gasteiger partial charge < -0.3 is 24.5 Å². The predicted molar refractivity (Wildman–Crippen MR) is 122 cm³/mol. The minimum atomic E-state index is -0.190. The van der Waals surface area contributed by atoms with Crippen LogP contribution in [-0.2, 0) is 12.8 Å². The van der Waals surface area contributed by atoms with Gasteiger partial charge in [-0.25, -0.2) is 0 Å². The lowest BCUT2D eigenvalue weighted by Gasteiger charge is -2.32. The van der Waals surface area contributed by atoms with Crippen molar-refractivity contribution in [2.45, 2.75) is 31.8 Å². The van der Waals surface area contributed by atoms with E-state index in [0.717, 1.165) is 62.8 Å². The maximum Gasteiger partial charge on any atom is 0.193 e. The molecular weight excluding hydrogens is 469 g/mol. The van der Waals surface area contributed by atoms with Crippen molar-refractivity contribution in [2.75, 3.05) is 33.3 Å². The number of hydrogen-bond donors (Lipinski definition) is 2. The highest BCUT2D eigenvalue weighted by Crippen LogP contribution is 2.12. The van der Waals surface area contributed by atoms with Gasteiger partial charge in [-0.2, -0.15) is 0 Å². The van der Waals surface area contributed by atoms with Crippen molar-refractivity contribution < 1.29 is 14.3 Å². The monoisotopic (exact) mass is 499 g/mol. The lowest BCUT2D eigenvalue weighted by molar-refractivity contribution is 0.108. The number of rotatable bonds is 7. The van der Waals surface area contributed by atoms with Crippen LogP contribution in [0.15, 0.2) is 52.1 Å². The number of aliphatic imine (C=N–C) groups is 1. The van der Waals surface area contributed by atoms with E-state index in [1.54, 1.807) is 13.4 Å². The summed E-state index contributed by atoms with van der Waals surface area (Å²) >= 11 is 0. The zero-order valence-corrected chi connectivity index (χ0v) is 18.7. The van der Waals surface area contributed by atoms with Gasteiger partial charge in [0.15, 0.2) is 5.96 Å². The van der Waals surface area contributed by atoms with Crippen LogP contribution in [0.3, 0.4) is 0 Å². The molecule has 3 rings (SSSR count). The first kappa shape index (κ1) is 22.5. The Morgan fingerprint density at radius 3 is 2.61 bits per heavy atom. The summed E-state index contributed by atoms with van der Waals surface area (Å²) in [5, 5.41) is 13.3. The second-order valence-corrected chi connectivity index (χ2v) is 6.78. The Hall–Kier alpha value is -1.74. The van der Waals surface area contributed by atoms with Gasteiger partial charge in [-0.05, 0) is 49.1 Å². The molecule has 0 atom stereocenters. The van der Waals surface area contributed by atoms with Crippen LogP contribution in [0.2, 0.25) is 0 Å². The van der Waals surface area contributed by atoms with Gasteiger partial charge in [0.1, 0.15) is 11.5 Å². The second-order valence-electron chi connectivity index (χ2n) is 6.78. The van der Waals surface area contributed by atoms with Crippen LogP contribution in [0, 0.1) is 0 Å². The molecule has 1 fully saturated rings. The van der Waals surface area contributed by atoms with E-state index < -0.39 is 0 Å². The molecule has 0 unspecified atom stereocenters. The topological polar surface area (TPSA) is 70.2 Å². The Balaban J connectivity index is 0.00000280. The normalized spacial score (nSPS) is 15.2. The fourth-order valence-electron chi connectivity index (χ4n) is 3.18. The molecule has 2 aromatic rings. The number of guanidine groups is 1. The van der Waals surface area contributed by atoms with Gasteiger partial charge in [-0.3, -0.25) is 4.99 Å².